The number of hydrogen-bond acceptors (Lipinski definition) is 6. The van der Waals surface area contributed by atoms with Gasteiger partial charge in [-0.1, -0.05) is 30.3 Å². The van der Waals surface area contributed by atoms with Gasteiger partial charge in [-0.15, -0.1) is 0 Å². The smallest absolute Gasteiger partial charge is 0.409 e. The van der Waals surface area contributed by atoms with Gasteiger partial charge in [-0.3, -0.25) is 4.90 Å². The van der Waals surface area contributed by atoms with E-state index in [4.69, 9.17) is 23.7 Å². The Balaban J connectivity index is 1.18. The Morgan fingerprint density at radius 1 is 1.15 bits per heavy atom. The third kappa shape index (κ3) is 6.85. The van der Waals surface area contributed by atoms with Crippen LogP contribution in [0, 0.1) is 0 Å². The highest BCUT2D eigenvalue weighted by molar-refractivity contribution is 5.65. The summed E-state index contributed by atoms with van der Waals surface area (Å²) in [6, 6.07) is 15.9. The fourth-order valence-corrected chi connectivity index (χ4v) is 4.18. The van der Waals surface area contributed by atoms with Crippen LogP contribution < -0.4 is 9.47 Å². The summed E-state index contributed by atoms with van der Waals surface area (Å²) in [5, 5.41) is 9.48. The van der Waals surface area contributed by atoms with Gasteiger partial charge in [0.05, 0.1) is 40.1 Å². The van der Waals surface area contributed by atoms with Gasteiger partial charge in [0, 0.05) is 18.5 Å². The summed E-state index contributed by atoms with van der Waals surface area (Å²) in [5.41, 5.74) is 2.21. The minimum atomic E-state index is -0.934. The lowest BCUT2D eigenvalue weighted by Crippen LogP contribution is -2.46. The molecule has 2 aromatic carbocycles. The predicted molar refractivity (Wildman–Crippen MR) is 125 cm³/mol. The number of methoxy groups -OCH3 is 1. The second-order valence-corrected chi connectivity index (χ2v) is 8.58. The first-order chi connectivity index (χ1) is 16.6. The molecule has 1 N–H and O–H groups in total. The van der Waals surface area contributed by atoms with E-state index in [2.05, 4.69) is 12.1 Å². The quantitative estimate of drug-likeness (QED) is 0.365. The largest absolute Gasteiger partial charge is 0.496 e. The van der Waals surface area contributed by atoms with Gasteiger partial charge in [0.25, 0.3) is 0 Å². The van der Waals surface area contributed by atoms with Crippen molar-refractivity contribution < 1.29 is 33.6 Å². The lowest BCUT2D eigenvalue weighted by Gasteiger charge is -2.37. The second-order valence-electron chi connectivity index (χ2n) is 8.58. The number of nitrogens with zero attached hydrogens (tertiary/aromatic N) is 1. The molecule has 2 fully saturated rings. The van der Waals surface area contributed by atoms with Gasteiger partial charge in [-0.05, 0) is 42.5 Å². The zero-order chi connectivity index (χ0) is 23.8. The normalized spacial score (nSPS) is 21.8. The summed E-state index contributed by atoms with van der Waals surface area (Å²) in [4.78, 5) is 13.0. The minimum Gasteiger partial charge on any atom is -0.496 e. The fraction of sp³-hybridized carbons (Fsp3) is 0.500. The lowest BCUT2D eigenvalue weighted by molar-refractivity contribution is -0.0748. The number of carboxylic acid groups (broad SMARTS) is 1. The maximum absolute atomic E-state index is 11.6. The third-order valence-electron chi connectivity index (χ3n) is 6.18. The first kappa shape index (κ1) is 24.3. The number of ether oxygens (including phenoxy) is 5. The van der Waals surface area contributed by atoms with E-state index in [1.165, 1.54) is 10.5 Å². The maximum atomic E-state index is 11.6. The van der Waals surface area contributed by atoms with E-state index in [0.717, 1.165) is 29.9 Å². The molecule has 0 aliphatic carbocycles. The molecule has 0 bridgehead atoms. The molecule has 34 heavy (non-hydrogen) atoms. The van der Waals surface area contributed by atoms with E-state index in [-0.39, 0.29) is 12.0 Å². The molecule has 0 aromatic heterocycles. The van der Waals surface area contributed by atoms with Crippen LogP contribution in [0.3, 0.4) is 0 Å². The second kappa shape index (κ2) is 12.1. The molecule has 4 rings (SSSR count). The number of amides is 1. The minimum absolute atomic E-state index is 0.110. The Kier molecular flexibility index (Phi) is 8.62. The number of hydrogen-bond donors (Lipinski definition) is 1. The van der Waals surface area contributed by atoms with Crippen LogP contribution in [0.25, 0.3) is 0 Å². The molecular formula is C26H33NO7. The average Bonchev–Trinajstić information content (AvgIpc) is 3.70. The summed E-state index contributed by atoms with van der Waals surface area (Å²) in [6.45, 7) is 3.28. The monoisotopic (exact) mass is 471 g/mol. The van der Waals surface area contributed by atoms with E-state index in [1.54, 1.807) is 7.11 Å². The average molecular weight is 472 g/mol. The summed E-state index contributed by atoms with van der Waals surface area (Å²) < 4.78 is 28.0. The van der Waals surface area contributed by atoms with Gasteiger partial charge in [0.15, 0.2) is 0 Å². The van der Waals surface area contributed by atoms with Gasteiger partial charge >= 0.3 is 6.09 Å². The van der Waals surface area contributed by atoms with E-state index in [0.29, 0.717) is 46.0 Å². The highest BCUT2D eigenvalue weighted by atomic mass is 16.6. The standard InChI is InChI=1S/C26H33NO7/c1-30-24-6-3-2-5-21(24)16-31-13-4-14-32-22-9-7-19(8-10-22)20-11-12-27(26(28)29)25(15-20)34-18-23-17-33-23/h2-3,5-10,20,23,25H,4,11-18H2,1H3,(H,28,29). The molecule has 184 valence electrons. The molecule has 2 aliphatic rings. The van der Waals surface area contributed by atoms with Crippen LogP contribution in [-0.4, -0.2) is 68.5 Å². The number of benzene rings is 2. The van der Waals surface area contributed by atoms with Gasteiger partial charge in [-0.2, -0.15) is 0 Å². The third-order valence-corrected chi connectivity index (χ3v) is 6.18. The number of piperidine rings is 1. The van der Waals surface area contributed by atoms with Crippen molar-refractivity contribution >= 4 is 6.09 Å². The Labute approximate surface area is 200 Å². The first-order valence-corrected chi connectivity index (χ1v) is 11.8. The van der Waals surface area contributed by atoms with Crippen LogP contribution in [0.1, 0.15) is 36.3 Å². The summed E-state index contributed by atoms with van der Waals surface area (Å²) in [5.74, 6) is 1.90. The summed E-state index contributed by atoms with van der Waals surface area (Å²) >= 11 is 0. The van der Waals surface area contributed by atoms with Crippen molar-refractivity contribution in [1.82, 2.24) is 4.90 Å². The number of likely N-dealkylation sites (tertiary alicyclic amines) is 1. The lowest BCUT2D eigenvalue weighted by atomic mass is 9.88. The zero-order valence-electron chi connectivity index (χ0n) is 19.6. The maximum Gasteiger partial charge on any atom is 0.409 e. The Bertz CT molecular complexity index is 916. The predicted octanol–water partition coefficient (Wildman–Crippen LogP) is 4.28. The Morgan fingerprint density at radius 2 is 1.94 bits per heavy atom. The topological polar surface area (TPSA) is 90.0 Å². The SMILES string of the molecule is COc1ccccc1COCCCOc1ccc(C2CCN(C(=O)O)C(OCC3CO3)C2)cc1. The molecule has 0 radical (unpaired) electrons. The number of para-hydroxylation sites is 1. The Morgan fingerprint density at radius 3 is 2.68 bits per heavy atom. The van der Waals surface area contributed by atoms with Crippen molar-refractivity contribution in [3.63, 3.8) is 0 Å². The molecular weight excluding hydrogens is 438 g/mol. The van der Waals surface area contributed by atoms with Crippen molar-refractivity contribution in [2.45, 2.75) is 44.1 Å². The number of rotatable bonds is 12. The molecule has 8 heteroatoms. The first-order valence-electron chi connectivity index (χ1n) is 11.8. The van der Waals surface area contributed by atoms with Crippen LogP contribution in [0.5, 0.6) is 11.5 Å². The van der Waals surface area contributed by atoms with Crippen LogP contribution in [-0.2, 0) is 20.8 Å². The zero-order valence-corrected chi connectivity index (χ0v) is 19.6. The van der Waals surface area contributed by atoms with Gasteiger partial charge in [0.2, 0.25) is 0 Å². The number of epoxide rings is 1. The van der Waals surface area contributed by atoms with Crippen LogP contribution in [0.15, 0.2) is 48.5 Å². The molecule has 2 aliphatic heterocycles. The van der Waals surface area contributed by atoms with E-state index < -0.39 is 12.3 Å². The Hall–Kier alpha value is -2.81. The van der Waals surface area contributed by atoms with Crippen molar-refractivity contribution in [2.24, 2.45) is 0 Å². The van der Waals surface area contributed by atoms with Crippen molar-refractivity contribution in [2.75, 3.05) is 40.1 Å². The molecule has 1 amide bonds. The molecule has 2 heterocycles. The van der Waals surface area contributed by atoms with Gasteiger partial charge in [0.1, 0.15) is 23.8 Å². The van der Waals surface area contributed by atoms with Crippen molar-refractivity contribution in [1.29, 1.82) is 0 Å². The van der Waals surface area contributed by atoms with E-state index >= 15 is 0 Å². The molecule has 2 aromatic rings. The van der Waals surface area contributed by atoms with E-state index in [9.17, 15) is 9.90 Å². The summed E-state index contributed by atoms with van der Waals surface area (Å²) in [7, 11) is 1.66. The van der Waals surface area contributed by atoms with Crippen LogP contribution in [0.4, 0.5) is 4.79 Å². The number of carbonyl (C=O) groups is 1. The van der Waals surface area contributed by atoms with E-state index in [1.807, 2.05) is 36.4 Å². The van der Waals surface area contributed by atoms with Crippen molar-refractivity contribution in [3.8, 4) is 11.5 Å². The van der Waals surface area contributed by atoms with Crippen LogP contribution in [0.2, 0.25) is 0 Å². The molecule has 0 spiro atoms. The molecule has 3 unspecified atom stereocenters. The van der Waals surface area contributed by atoms with Gasteiger partial charge in [-0.25, -0.2) is 4.79 Å². The fourth-order valence-electron chi connectivity index (χ4n) is 4.18. The van der Waals surface area contributed by atoms with Gasteiger partial charge < -0.3 is 28.8 Å². The molecule has 2 saturated heterocycles. The van der Waals surface area contributed by atoms with Crippen molar-refractivity contribution in [3.05, 3.63) is 59.7 Å². The highest BCUT2D eigenvalue weighted by Gasteiger charge is 2.34. The van der Waals surface area contributed by atoms with Crippen LogP contribution >= 0.6 is 0 Å². The molecule has 8 nitrogen and oxygen atoms in total. The molecule has 0 saturated carbocycles. The molecule has 3 atom stereocenters. The summed E-state index contributed by atoms with van der Waals surface area (Å²) in [6.07, 6.45) is 0.939. The highest BCUT2D eigenvalue weighted by Crippen LogP contribution is 2.33.